The van der Waals surface area contributed by atoms with Crippen LogP contribution in [0.4, 0.5) is 0 Å². The first kappa shape index (κ1) is 18.7. The molecule has 1 fully saturated rings. The summed E-state index contributed by atoms with van der Waals surface area (Å²) in [5.74, 6) is 1.45. The van der Waals surface area contributed by atoms with Crippen molar-refractivity contribution in [3.63, 3.8) is 0 Å². The van der Waals surface area contributed by atoms with E-state index in [-0.39, 0.29) is 30.1 Å². The van der Waals surface area contributed by atoms with E-state index >= 15 is 0 Å². The first-order valence-corrected chi connectivity index (χ1v) is 8.33. The van der Waals surface area contributed by atoms with Gasteiger partial charge in [-0.15, -0.1) is 35.3 Å². The average molecular weight is 423 g/mol. The summed E-state index contributed by atoms with van der Waals surface area (Å²) in [6, 6.07) is 4.27. The van der Waals surface area contributed by atoms with Crippen molar-refractivity contribution in [1.29, 1.82) is 0 Å². The topological polar surface area (TPSA) is 47.9 Å². The monoisotopic (exact) mass is 423 g/mol. The lowest BCUT2D eigenvalue weighted by Gasteiger charge is -2.32. The first-order valence-electron chi connectivity index (χ1n) is 7.45. The van der Waals surface area contributed by atoms with Crippen molar-refractivity contribution in [3.8, 4) is 0 Å². The zero-order valence-electron chi connectivity index (χ0n) is 12.8. The third-order valence-corrected chi connectivity index (χ3v) is 4.75. The van der Waals surface area contributed by atoms with Crippen LogP contribution in [0.3, 0.4) is 0 Å². The quantitative estimate of drug-likeness (QED) is 0.445. The Hall–Kier alpha value is -0.340. The lowest BCUT2D eigenvalue weighted by atomic mass is 10.1. The molecule has 1 unspecified atom stereocenters. The molecule has 1 aliphatic rings. The molecule has 0 radical (unpaired) electrons. The zero-order chi connectivity index (χ0) is 14.4. The Morgan fingerprint density at radius 3 is 2.81 bits per heavy atom. The Balaban J connectivity index is 0.00000220. The van der Waals surface area contributed by atoms with E-state index in [1.807, 2.05) is 0 Å². The first-order chi connectivity index (χ1) is 9.70. The number of guanidine groups is 1. The number of nitrogens with one attached hydrogen (secondary N) is 1. The van der Waals surface area contributed by atoms with E-state index in [0.717, 1.165) is 45.0 Å². The summed E-state index contributed by atoms with van der Waals surface area (Å²) in [7, 11) is 0. The van der Waals surface area contributed by atoms with Crippen molar-refractivity contribution < 1.29 is 5.11 Å². The molecule has 0 amide bonds. The predicted octanol–water partition coefficient (Wildman–Crippen LogP) is 2.89. The molecule has 1 aromatic heterocycles. The van der Waals surface area contributed by atoms with E-state index in [9.17, 15) is 5.11 Å². The van der Waals surface area contributed by atoms with Crippen LogP contribution in [-0.2, 0) is 0 Å². The van der Waals surface area contributed by atoms with Crippen LogP contribution in [0.25, 0.3) is 0 Å². The minimum Gasteiger partial charge on any atom is -0.393 e. The molecule has 4 nitrogen and oxygen atoms in total. The second-order valence-electron chi connectivity index (χ2n) is 5.33. The van der Waals surface area contributed by atoms with Gasteiger partial charge in [-0.2, -0.15) is 0 Å². The van der Waals surface area contributed by atoms with E-state index in [1.54, 1.807) is 11.3 Å². The fourth-order valence-electron chi connectivity index (χ4n) is 2.39. The Kier molecular flexibility index (Phi) is 8.58. The van der Waals surface area contributed by atoms with Crippen LogP contribution in [0.2, 0.25) is 0 Å². The maximum atomic E-state index is 9.60. The largest absolute Gasteiger partial charge is 0.393 e. The zero-order valence-corrected chi connectivity index (χ0v) is 15.9. The molecule has 0 spiro atoms. The van der Waals surface area contributed by atoms with E-state index in [1.165, 1.54) is 4.88 Å². The van der Waals surface area contributed by atoms with Gasteiger partial charge in [-0.25, -0.2) is 0 Å². The number of hydrogen-bond donors (Lipinski definition) is 2. The highest BCUT2D eigenvalue weighted by Gasteiger charge is 2.19. The number of aliphatic hydroxyl groups is 1. The summed E-state index contributed by atoms with van der Waals surface area (Å²) < 4.78 is 0. The predicted molar refractivity (Wildman–Crippen MR) is 101 cm³/mol. The normalized spacial score (nSPS) is 18.2. The molecule has 1 saturated heterocycles. The Morgan fingerprint density at radius 1 is 1.52 bits per heavy atom. The SMILES string of the molecule is CCNC(=NCC(C)c1cccs1)N1CCC(O)CC1.I. The molecular weight excluding hydrogens is 397 g/mol. The van der Waals surface area contributed by atoms with E-state index in [0.29, 0.717) is 5.92 Å². The van der Waals surface area contributed by atoms with Crippen molar-refractivity contribution in [1.82, 2.24) is 10.2 Å². The molecule has 2 rings (SSSR count). The van der Waals surface area contributed by atoms with E-state index in [4.69, 9.17) is 4.99 Å². The molecule has 2 N–H and O–H groups in total. The number of aliphatic imine (C=N–C) groups is 1. The molecule has 21 heavy (non-hydrogen) atoms. The van der Waals surface area contributed by atoms with Crippen molar-refractivity contribution in [2.45, 2.75) is 38.7 Å². The average Bonchev–Trinajstić information content (AvgIpc) is 2.98. The number of likely N-dealkylation sites (tertiary alicyclic amines) is 1. The molecule has 6 heteroatoms. The van der Waals surface area contributed by atoms with Crippen molar-refractivity contribution in [3.05, 3.63) is 22.4 Å². The van der Waals surface area contributed by atoms with Crippen LogP contribution in [-0.4, -0.2) is 48.2 Å². The standard InChI is InChI=1S/C15H25N3OS.HI/c1-3-16-15(18-8-6-13(19)7-9-18)17-11-12(2)14-5-4-10-20-14;/h4-5,10,12-13,19H,3,6-9,11H2,1-2H3,(H,16,17);1H. The maximum Gasteiger partial charge on any atom is 0.193 e. The molecule has 0 aromatic carbocycles. The summed E-state index contributed by atoms with van der Waals surface area (Å²) in [5.41, 5.74) is 0. The lowest BCUT2D eigenvalue weighted by molar-refractivity contribution is 0.108. The molecule has 0 saturated carbocycles. The molecule has 0 bridgehead atoms. The van der Waals surface area contributed by atoms with Crippen LogP contribution in [0.5, 0.6) is 0 Å². The van der Waals surface area contributed by atoms with Gasteiger partial charge in [-0.3, -0.25) is 4.99 Å². The second-order valence-corrected chi connectivity index (χ2v) is 6.31. The number of piperidine rings is 1. The Labute approximate surface area is 148 Å². The Bertz CT molecular complexity index is 417. The van der Waals surface area contributed by atoms with Crippen molar-refractivity contribution in [2.24, 2.45) is 4.99 Å². The number of hydrogen-bond acceptors (Lipinski definition) is 3. The Morgan fingerprint density at radius 2 is 2.24 bits per heavy atom. The summed E-state index contributed by atoms with van der Waals surface area (Å²) in [5, 5.41) is 15.1. The van der Waals surface area contributed by atoms with Crippen LogP contribution in [0.1, 0.15) is 37.5 Å². The minimum absolute atomic E-state index is 0. The number of aliphatic hydroxyl groups excluding tert-OH is 1. The number of nitrogens with zero attached hydrogens (tertiary/aromatic N) is 2. The molecule has 1 aromatic rings. The summed E-state index contributed by atoms with van der Waals surface area (Å²) >= 11 is 1.80. The number of thiophene rings is 1. The van der Waals surface area contributed by atoms with Crippen molar-refractivity contribution in [2.75, 3.05) is 26.2 Å². The molecule has 0 aliphatic carbocycles. The minimum atomic E-state index is -0.140. The van der Waals surface area contributed by atoms with Gasteiger partial charge in [0.2, 0.25) is 0 Å². The van der Waals surface area contributed by atoms with Crippen LogP contribution >= 0.6 is 35.3 Å². The molecule has 1 atom stereocenters. The summed E-state index contributed by atoms with van der Waals surface area (Å²) in [6.45, 7) is 7.78. The van der Waals surface area contributed by atoms with Gasteiger partial charge in [0.05, 0.1) is 12.6 Å². The highest BCUT2D eigenvalue weighted by atomic mass is 127. The summed E-state index contributed by atoms with van der Waals surface area (Å²) in [4.78, 5) is 8.42. The van der Waals surface area contributed by atoms with Crippen LogP contribution < -0.4 is 5.32 Å². The lowest BCUT2D eigenvalue weighted by Crippen LogP contribution is -2.46. The highest BCUT2D eigenvalue weighted by molar-refractivity contribution is 14.0. The molecule has 2 heterocycles. The van der Waals surface area contributed by atoms with Crippen molar-refractivity contribution >= 4 is 41.3 Å². The number of halogens is 1. The van der Waals surface area contributed by atoms with Crippen LogP contribution in [0.15, 0.2) is 22.5 Å². The van der Waals surface area contributed by atoms with Gasteiger partial charge in [0.1, 0.15) is 0 Å². The van der Waals surface area contributed by atoms with Gasteiger partial charge in [-0.05, 0) is 31.2 Å². The van der Waals surface area contributed by atoms with Gasteiger partial charge in [0.25, 0.3) is 0 Å². The van der Waals surface area contributed by atoms with Crippen LogP contribution in [0, 0.1) is 0 Å². The highest BCUT2D eigenvalue weighted by Crippen LogP contribution is 2.21. The fourth-order valence-corrected chi connectivity index (χ4v) is 3.17. The van der Waals surface area contributed by atoms with Gasteiger partial charge in [0, 0.05) is 30.4 Å². The van der Waals surface area contributed by atoms with Gasteiger partial charge in [0.15, 0.2) is 5.96 Å². The maximum absolute atomic E-state index is 9.60. The third-order valence-electron chi connectivity index (χ3n) is 3.64. The third kappa shape index (κ3) is 5.75. The van der Waals surface area contributed by atoms with E-state index in [2.05, 4.69) is 41.6 Å². The fraction of sp³-hybridized carbons (Fsp3) is 0.667. The second kappa shape index (κ2) is 9.63. The van der Waals surface area contributed by atoms with E-state index < -0.39 is 0 Å². The summed E-state index contributed by atoms with van der Waals surface area (Å²) in [6.07, 6.45) is 1.54. The smallest absolute Gasteiger partial charge is 0.193 e. The molecule has 1 aliphatic heterocycles. The van der Waals surface area contributed by atoms with Gasteiger partial charge < -0.3 is 15.3 Å². The molecule has 120 valence electrons. The van der Waals surface area contributed by atoms with Gasteiger partial charge in [-0.1, -0.05) is 13.0 Å². The molecular formula is C15H26IN3OS. The van der Waals surface area contributed by atoms with Gasteiger partial charge >= 0.3 is 0 Å². The number of rotatable bonds is 4.